The van der Waals surface area contributed by atoms with Crippen LogP contribution in [0.15, 0.2) is 11.1 Å². The SMILES string of the molecule is CCOc1c(Cl)nn(C=C=O)c1S(=O)(=O)NC(=O)Nc1nc(C)cc(OC)n1. The number of nitrogens with one attached hydrogen (secondary N) is 2. The molecule has 0 bridgehead atoms. The Morgan fingerprint density at radius 2 is 2.14 bits per heavy atom. The van der Waals surface area contributed by atoms with Gasteiger partial charge in [-0.25, -0.2) is 24.0 Å². The summed E-state index contributed by atoms with van der Waals surface area (Å²) in [5.41, 5.74) is 0.476. The first-order valence-corrected chi connectivity index (χ1v) is 9.43. The lowest BCUT2D eigenvalue weighted by Crippen LogP contribution is -2.36. The van der Waals surface area contributed by atoms with Crippen LogP contribution in [-0.2, 0) is 14.8 Å². The molecule has 28 heavy (non-hydrogen) atoms. The van der Waals surface area contributed by atoms with Gasteiger partial charge >= 0.3 is 6.03 Å². The number of aryl methyl sites for hydroxylation is 1. The average molecular weight is 431 g/mol. The zero-order valence-corrected chi connectivity index (χ0v) is 16.5. The molecule has 150 valence electrons. The molecule has 12 nitrogen and oxygen atoms in total. The Kier molecular flexibility index (Phi) is 6.57. The van der Waals surface area contributed by atoms with Crippen LogP contribution in [0, 0.1) is 6.92 Å². The molecule has 0 saturated carbocycles. The molecule has 0 aliphatic heterocycles. The lowest BCUT2D eigenvalue weighted by atomic mass is 10.4. The van der Waals surface area contributed by atoms with E-state index >= 15 is 0 Å². The second kappa shape index (κ2) is 8.69. The van der Waals surface area contributed by atoms with Crippen LogP contribution in [0.2, 0.25) is 5.15 Å². The average Bonchev–Trinajstić information content (AvgIpc) is 2.90. The number of aromatic nitrogens is 4. The van der Waals surface area contributed by atoms with E-state index in [1.54, 1.807) is 18.6 Å². The normalized spacial score (nSPS) is 10.7. The van der Waals surface area contributed by atoms with Crippen LogP contribution in [0.4, 0.5) is 10.7 Å². The quantitative estimate of drug-likeness (QED) is 0.608. The molecule has 0 saturated heterocycles. The zero-order chi connectivity index (χ0) is 20.9. The summed E-state index contributed by atoms with van der Waals surface area (Å²) >= 11 is 5.85. The van der Waals surface area contributed by atoms with Crippen LogP contribution in [0.25, 0.3) is 6.20 Å². The monoisotopic (exact) mass is 430 g/mol. The van der Waals surface area contributed by atoms with Gasteiger partial charge in [-0.05, 0) is 13.8 Å². The third kappa shape index (κ3) is 4.76. The van der Waals surface area contributed by atoms with E-state index in [0.29, 0.717) is 16.6 Å². The fourth-order valence-electron chi connectivity index (χ4n) is 2.02. The molecule has 0 spiro atoms. The van der Waals surface area contributed by atoms with Gasteiger partial charge in [-0.15, -0.1) is 0 Å². The standard InChI is InChI=1S/C14H15ClN6O6S/c1-4-27-10-11(15)19-21(5-6-22)12(10)28(24,25)20-14(23)18-13-16-8(2)7-9(17-13)26-3/h5,7H,4H2,1-3H3,(H2,16,17,18,20,23). The summed E-state index contributed by atoms with van der Waals surface area (Å²) in [5.74, 6) is 1.03. The van der Waals surface area contributed by atoms with Crippen molar-refractivity contribution in [1.29, 1.82) is 0 Å². The molecule has 0 atom stereocenters. The highest BCUT2D eigenvalue weighted by Gasteiger charge is 2.31. The maximum atomic E-state index is 12.6. The van der Waals surface area contributed by atoms with Gasteiger partial charge in [-0.2, -0.15) is 18.5 Å². The fraction of sp³-hybridized carbons (Fsp3) is 0.286. The second-order valence-corrected chi connectivity index (χ2v) is 6.94. The Labute approximate surface area is 164 Å². The summed E-state index contributed by atoms with van der Waals surface area (Å²) in [4.78, 5) is 30.6. The summed E-state index contributed by atoms with van der Waals surface area (Å²) in [7, 11) is -3.19. The van der Waals surface area contributed by atoms with Crippen LogP contribution in [0.3, 0.4) is 0 Å². The molecule has 2 N–H and O–H groups in total. The lowest BCUT2D eigenvalue weighted by Gasteiger charge is -2.10. The largest absolute Gasteiger partial charge is 0.488 e. The lowest BCUT2D eigenvalue weighted by molar-refractivity contribution is 0.256. The first-order valence-electron chi connectivity index (χ1n) is 7.57. The van der Waals surface area contributed by atoms with Gasteiger partial charge in [0.15, 0.2) is 10.9 Å². The Morgan fingerprint density at radius 3 is 2.75 bits per heavy atom. The van der Waals surface area contributed by atoms with Gasteiger partial charge in [-0.3, -0.25) is 5.32 Å². The third-order valence-electron chi connectivity index (χ3n) is 3.00. The molecule has 0 aliphatic rings. The van der Waals surface area contributed by atoms with E-state index in [1.165, 1.54) is 19.1 Å². The highest BCUT2D eigenvalue weighted by Crippen LogP contribution is 2.32. The van der Waals surface area contributed by atoms with Crippen molar-refractivity contribution < 1.29 is 27.5 Å². The number of carbonyl (C=O) groups excluding carboxylic acids is 2. The molecule has 2 rings (SSSR count). The van der Waals surface area contributed by atoms with Gasteiger partial charge in [0, 0.05) is 11.8 Å². The summed E-state index contributed by atoms with van der Waals surface area (Å²) < 4.78 is 37.8. The topological polar surface area (TPSA) is 154 Å². The number of halogens is 1. The number of nitrogens with zero attached hydrogens (tertiary/aromatic N) is 4. The van der Waals surface area contributed by atoms with Crippen molar-refractivity contribution in [2.45, 2.75) is 18.9 Å². The summed E-state index contributed by atoms with van der Waals surface area (Å²) in [6.45, 7) is 3.27. The van der Waals surface area contributed by atoms with E-state index in [9.17, 15) is 18.0 Å². The van der Waals surface area contributed by atoms with Gasteiger partial charge in [0.05, 0.1) is 13.7 Å². The minimum absolute atomic E-state index is 0.0574. The van der Waals surface area contributed by atoms with Crippen molar-refractivity contribution in [3.8, 4) is 11.6 Å². The van der Waals surface area contributed by atoms with Crippen molar-refractivity contribution in [3.63, 3.8) is 0 Å². The minimum Gasteiger partial charge on any atom is -0.488 e. The number of sulfonamides is 1. The Hall–Kier alpha value is -3.15. The molecular formula is C14H15ClN6O6S. The van der Waals surface area contributed by atoms with E-state index in [0.717, 1.165) is 0 Å². The Balaban J connectivity index is 2.34. The molecule has 14 heteroatoms. The van der Waals surface area contributed by atoms with Gasteiger partial charge in [0.1, 0.15) is 12.1 Å². The molecule has 2 aromatic rings. The number of amides is 2. The second-order valence-electron chi connectivity index (χ2n) is 4.98. The van der Waals surface area contributed by atoms with Gasteiger partial charge in [-0.1, -0.05) is 11.6 Å². The molecule has 0 aliphatic carbocycles. The highest BCUT2D eigenvalue weighted by atomic mass is 35.5. The molecule has 2 aromatic heterocycles. The Morgan fingerprint density at radius 1 is 1.43 bits per heavy atom. The number of ether oxygens (including phenoxy) is 2. The number of hydrogen-bond donors (Lipinski definition) is 2. The molecule has 0 unspecified atom stereocenters. The van der Waals surface area contributed by atoms with Gasteiger partial charge in [0.25, 0.3) is 10.0 Å². The molecule has 0 radical (unpaired) electrons. The number of urea groups is 1. The maximum absolute atomic E-state index is 12.6. The highest BCUT2D eigenvalue weighted by molar-refractivity contribution is 7.90. The molecular weight excluding hydrogens is 416 g/mol. The summed E-state index contributed by atoms with van der Waals surface area (Å²) in [5, 5.41) is 4.86. The predicted octanol–water partition coefficient (Wildman–Crippen LogP) is 0.855. The van der Waals surface area contributed by atoms with Gasteiger partial charge in [0.2, 0.25) is 16.9 Å². The zero-order valence-electron chi connectivity index (χ0n) is 14.9. The fourth-order valence-corrected chi connectivity index (χ4v) is 3.44. The van der Waals surface area contributed by atoms with Gasteiger partial charge < -0.3 is 9.47 Å². The first-order chi connectivity index (χ1) is 13.2. The van der Waals surface area contributed by atoms with Crippen molar-refractivity contribution in [2.75, 3.05) is 19.0 Å². The molecule has 2 amide bonds. The van der Waals surface area contributed by atoms with Crippen molar-refractivity contribution in [3.05, 3.63) is 16.9 Å². The number of hydrogen-bond acceptors (Lipinski definition) is 9. The smallest absolute Gasteiger partial charge is 0.335 e. The van der Waals surface area contributed by atoms with Crippen LogP contribution in [-0.4, -0.2) is 53.9 Å². The summed E-state index contributed by atoms with van der Waals surface area (Å²) in [6.07, 6.45) is 0.676. The number of carbonyl (C=O) groups is 1. The maximum Gasteiger partial charge on any atom is 0.335 e. The molecule has 0 aromatic carbocycles. The van der Waals surface area contributed by atoms with Crippen LogP contribution in [0.5, 0.6) is 11.6 Å². The third-order valence-corrected chi connectivity index (χ3v) is 4.58. The van der Waals surface area contributed by atoms with E-state index in [1.807, 2.05) is 0 Å². The van der Waals surface area contributed by atoms with E-state index < -0.39 is 21.1 Å². The molecule has 2 heterocycles. The van der Waals surface area contributed by atoms with Crippen molar-refractivity contribution >= 4 is 45.7 Å². The van der Waals surface area contributed by atoms with E-state index in [4.69, 9.17) is 21.1 Å². The number of methoxy groups -OCH3 is 1. The molecule has 0 fully saturated rings. The Bertz CT molecular complexity index is 1050. The van der Waals surface area contributed by atoms with Crippen molar-refractivity contribution in [2.24, 2.45) is 0 Å². The van der Waals surface area contributed by atoms with E-state index in [-0.39, 0.29) is 29.3 Å². The van der Waals surface area contributed by atoms with Crippen molar-refractivity contribution in [1.82, 2.24) is 24.5 Å². The van der Waals surface area contributed by atoms with Crippen LogP contribution >= 0.6 is 11.6 Å². The van der Waals surface area contributed by atoms with E-state index in [2.05, 4.69) is 20.4 Å². The predicted molar refractivity (Wildman–Crippen MR) is 97.5 cm³/mol. The first kappa shape index (κ1) is 21.2. The number of rotatable bonds is 7. The van der Waals surface area contributed by atoms with Crippen LogP contribution < -0.4 is 19.5 Å². The number of anilines is 1. The minimum atomic E-state index is -4.56. The summed E-state index contributed by atoms with van der Waals surface area (Å²) in [6, 6.07) is 0.342. The van der Waals surface area contributed by atoms with Crippen LogP contribution in [0.1, 0.15) is 12.6 Å².